The molecule has 7 heteroatoms. The van der Waals surface area contributed by atoms with Gasteiger partial charge in [-0.05, 0) is 34.1 Å². The van der Waals surface area contributed by atoms with Crippen molar-refractivity contribution >= 4 is 28.2 Å². The van der Waals surface area contributed by atoms with Crippen molar-refractivity contribution < 1.29 is 28.5 Å². The molecule has 0 heterocycles. The van der Waals surface area contributed by atoms with Crippen molar-refractivity contribution in [2.75, 3.05) is 28.4 Å². The number of aldehydes is 1. The first-order chi connectivity index (χ1) is 12.0. The number of benzene rings is 2. The predicted molar refractivity (Wildman–Crippen MR) is 96.0 cm³/mol. The van der Waals surface area contributed by atoms with Gasteiger partial charge in [-0.15, -0.1) is 0 Å². The summed E-state index contributed by atoms with van der Waals surface area (Å²) in [6.07, 6.45) is 0.667. The zero-order chi connectivity index (χ0) is 18.6. The van der Waals surface area contributed by atoms with Crippen molar-refractivity contribution in [3.8, 4) is 28.4 Å². The highest BCUT2D eigenvalue weighted by Gasteiger charge is 2.26. The van der Waals surface area contributed by atoms with E-state index in [0.29, 0.717) is 39.1 Å². The lowest BCUT2D eigenvalue weighted by Crippen LogP contribution is -2.07. The standard InChI is InChI=1S/C18H17BrO6/c1-22-12-7-5-6-11(18(21)25-4)15(12)14-10(9-20)8-13(23-2)16(19)17(14)24-3/h5-9H,1-4H3. The summed E-state index contributed by atoms with van der Waals surface area (Å²) in [4.78, 5) is 24.0. The molecule has 2 aromatic rings. The lowest BCUT2D eigenvalue weighted by Gasteiger charge is -2.19. The molecule has 2 rings (SSSR count). The average molecular weight is 409 g/mol. The second-order valence-corrected chi connectivity index (χ2v) is 5.68. The van der Waals surface area contributed by atoms with E-state index >= 15 is 0 Å². The average Bonchev–Trinajstić information content (AvgIpc) is 2.66. The first-order valence-corrected chi connectivity index (χ1v) is 7.98. The summed E-state index contributed by atoms with van der Waals surface area (Å²) >= 11 is 3.42. The monoisotopic (exact) mass is 408 g/mol. The molecule has 0 aliphatic rings. The summed E-state index contributed by atoms with van der Waals surface area (Å²) in [7, 11) is 5.71. The van der Waals surface area contributed by atoms with Gasteiger partial charge < -0.3 is 18.9 Å². The maximum Gasteiger partial charge on any atom is 0.338 e. The molecule has 6 nitrogen and oxygen atoms in total. The van der Waals surface area contributed by atoms with Crippen LogP contribution in [0.25, 0.3) is 11.1 Å². The van der Waals surface area contributed by atoms with E-state index in [4.69, 9.17) is 18.9 Å². The highest BCUT2D eigenvalue weighted by Crippen LogP contribution is 2.47. The van der Waals surface area contributed by atoms with Gasteiger partial charge in [0.1, 0.15) is 21.7 Å². The third kappa shape index (κ3) is 3.32. The molecular formula is C18H17BrO6. The lowest BCUT2D eigenvalue weighted by atomic mass is 9.93. The van der Waals surface area contributed by atoms with Crippen molar-refractivity contribution in [3.63, 3.8) is 0 Å². The van der Waals surface area contributed by atoms with E-state index < -0.39 is 5.97 Å². The van der Waals surface area contributed by atoms with Crippen molar-refractivity contribution in [2.24, 2.45) is 0 Å². The summed E-state index contributed by atoms with van der Waals surface area (Å²) in [6.45, 7) is 0. The van der Waals surface area contributed by atoms with Gasteiger partial charge in [-0.3, -0.25) is 4.79 Å². The smallest absolute Gasteiger partial charge is 0.338 e. The van der Waals surface area contributed by atoms with Crippen LogP contribution in [-0.2, 0) is 4.74 Å². The van der Waals surface area contributed by atoms with Crippen LogP contribution >= 0.6 is 15.9 Å². The minimum Gasteiger partial charge on any atom is -0.496 e. The van der Waals surface area contributed by atoms with Crippen LogP contribution < -0.4 is 14.2 Å². The second kappa shape index (κ2) is 8.02. The molecule has 0 saturated carbocycles. The van der Waals surface area contributed by atoms with Gasteiger partial charge in [0, 0.05) is 16.7 Å². The van der Waals surface area contributed by atoms with Crippen molar-refractivity contribution in [1.29, 1.82) is 0 Å². The summed E-state index contributed by atoms with van der Waals surface area (Å²) < 4.78 is 21.5. The van der Waals surface area contributed by atoms with Crippen molar-refractivity contribution in [3.05, 3.63) is 39.9 Å². The number of carbonyl (C=O) groups excluding carboxylic acids is 2. The molecule has 0 aliphatic heterocycles. The van der Waals surface area contributed by atoms with Gasteiger partial charge in [-0.1, -0.05) is 6.07 Å². The molecular weight excluding hydrogens is 392 g/mol. The minimum atomic E-state index is -0.556. The van der Waals surface area contributed by atoms with E-state index in [9.17, 15) is 9.59 Å². The molecule has 0 radical (unpaired) electrons. The van der Waals surface area contributed by atoms with Gasteiger partial charge in [-0.25, -0.2) is 4.79 Å². The summed E-state index contributed by atoms with van der Waals surface area (Å²) in [5.41, 5.74) is 1.34. The normalized spacial score (nSPS) is 10.1. The number of halogens is 1. The molecule has 0 N–H and O–H groups in total. The van der Waals surface area contributed by atoms with Gasteiger partial charge in [0.25, 0.3) is 0 Å². The third-order valence-corrected chi connectivity index (χ3v) is 4.42. The number of esters is 1. The fourth-order valence-corrected chi connectivity index (χ4v) is 3.20. The Morgan fingerprint density at radius 3 is 2.20 bits per heavy atom. The third-order valence-electron chi connectivity index (χ3n) is 3.67. The van der Waals surface area contributed by atoms with Gasteiger partial charge in [0.15, 0.2) is 6.29 Å². The maximum atomic E-state index is 12.2. The molecule has 0 amide bonds. The summed E-state index contributed by atoms with van der Waals surface area (Å²) in [6, 6.07) is 6.51. The highest BCUT2D eigenvalue weighted by molar-refractivity contribution is 9.10. The zero-order valence-electron chi connectivity index (χ0n) is 14.2. The lowest BCUT2D eigenvalue weighted by molar-refractivity contribution is 0.0601. The van der Waals surface area contributed by atoms with E-state index in [-0.39, 0.29) is 11.1 Å². The summed E-state index contributed by atoms with van der Waals surface area (Å²) in [5.74, 6) is 0.620. The first kappa shape index (κ1) is 18.8. The molecule has 0 spiro atoms. The number of hydrogen-bond donors (Lipinski definition) is 0. The van der Waals surface area contributed by atoms with Crippen molar-refractivity contribution in [1.82, 2.24) is 0 Å². The van der Waals surface area contributed by atoms with Gasteiger partial charge in [0.2, 0.25) is 0 Å². The van der Waals surface area contributed by atoms with E-state index in [1.807, 2.05) is 0 Å². The van der Waals surface area contributed by atoms with Crippen LogP contribution in [0, 0.1) is 0 Å². The second-order valence-electron chi connectivity index (χ2n) is 4.88. The first-order valence-electron chi connectivity index (χ1n) is 7.19. The van der Waals surface area contributed by atoms with Gasteiger partial charge >= 0.3 is 5.97 Å². The molecule has 0 bridgehead atoms. The Labute approximate surface area is 153 Å². The van der Waals surface area contributed by atoms with Gasteiger partial charge in [0.05, 0.1) is 34.0 Å². The van der Waals surface area contributed by atoms with E-state index in [1.54, 1.807) is 24.3 Å². The number of hydrogen-bond acceptors (Lipinski definition) is 6. The quantitative estimate of drug-likeness (QED) is 0.535. The fourth-order valence-electron chi connectivity index (χ4n) is 2.56. The molecule has 0 fully saturated rings. The largest absolute Gasteiger partial charge is 0.496 e. The maximum absolute atomic E-state index is 12.2. The number of carbonyl (C=O) groups is 2. The van der Waals surface area contributed by atoms with Crippen LogP contribution in [0.4, 0.5) is 0 Å². The van der Waals surface area contributed by atoms with Crippen LogP contribution in [0.2, 0.25) is 0 Å². The molecule has 0 saturated heterocycles. The number of rotatable bonds is 6. The number of ether oxygens (including phenoxy) is 4. The van der Waals surface area contributed by atoms with E-state index in [2.05, 4.69) is 15.9 Å². The van der Waals surface area contributed by atoms with Crippen LogP contribution in [-0.4, -0.2) is 40.7 Å². The fraction of sp³-hybridized carbons (Fsp3) is 0.222. The van der Waals surface area contributed by atoms with Gasteiger partial charge in [-0.2, -0.15) is 0 Å². The minimum absolute atomic E-state index is 0.250. The van der Waals surface area contributed by atoms with Crippen LogP contribution in [0.5, 0.6) is 17.2 Å². The SMILES string of the molecule is COC(=O)c1cccc(OC)c1-c1c(C=O)cc(OC)c(Br)c1OC. The molecule has 2 aromatic carbocycles. The molecule has 0 unspecified atom stereocenters. The zero-order valence-corrected chi connectivity index (χ0v) is 15.8. The predicted octanol–water partition coefficient (Wildman–Crippen LogP) is 3.74. The molecule has 0 aromatic heterocycles. The number of methoxy groups -OCH3 is 4. The van der Waals surface area contributed by atoms with Crippen LogP contribution in [0.15, 0.2) is 28.7 Å². The summed E-state index contributed by atoms with van der Waals surface area (Å²) in [5, 5.41) is 0. The topological polar surface area (TPSA) is 71.1 Å². The van der Waals surface area contributed by atoms with Crippen LogP contribution in [0.3, 0.4) is 0 Å². The Morgan fingerprint density at radius 1 is 1.00 bits per heavy atom. The van der Waals surface area contributed by atoms with Crippen molar-refractivity contribution in [2.45, 2.75) is 0 Å². The Bertz CT molecular complexity index is 816. The Hall–Kier alpha value is -2.54. The van der Waals surface area contributed by atoms with Crippen LogP contribution in [0.1, 0.15) is 20.7 Å². The highest BCUT2D eigenvalue weighted by atomic mass is 79.9. The molecule has 132 valence electrons. The molecule has 0 atom stereocenters. The Balaban J connectivity index is 2.98. The van der Waals surface area contributed by atoms with E-state index in [0.717, 1.165) is 0 Å². The Morgan fingerprint density at radius 2 is 1.68 bits per heavy atom. The molecule has 25 heavy (non-hydrogen) atoms. The van der Waals surface area contributed by atoms with E-state index in [1.165, 1.54) is 28.4 Å². The Kier molecular flexibility index (Phi) is 6.03. The molecule has 0 aliphatic carbocycles.